The second-order valence-electron chi connectivity index (χ2n) is 5.03. The molecule has 0 unspecified atom stereocenters. The number of hydrogen-bond acceptors (Lipinski definition) is 4. The number of thiophene rings is 1. The van der Waals surface area contributed by atoms with E-state index in [1.807, 2.05) is 23.6 Å². The lowest BCUT2D eigenvalue weighted by Crippen LogP contribution is -2.02. The Balaban J connectivity index is 1.98. The highest BCUT2D eigenvalue weighted by Gasteiger charge is 2.08. The minimum absolute atomic E-state index is 0.398. The largest absolute Gasteiger partial charge is 0.396 e. The van der Waals surface area contributed by atoms with E-state index in [9.17, 15) is 0 Å². The molecular weight excluding hydrogens is 280 g/mol. The molecule has 0 atom stereocenters. The van der Waals surface area contributed by atoms with E-state index >= 15 is 0 Å². The molecule has 0 aliphatic heterocycles. The minimum atomic E-state index is 0.398. The third-order valence-electron chi connectivity index (χ3n) is 3.46. The van der Waals surface area contributed by atoms with Crippen LogP contribution in [0, 0.1) is 19.3 Å². The number of fused-ring (bicyclic) bond motifs is 1. The highest BCUT2D eigenvalue weighted by molar-refractivity contribution is 7.12. The number of H-pyrrole nitrogens is 1. The first-order valence-electron chi connectivity index (χ1n) is 6.61. The van der Waals surface area contributed by atoms with E-state index in [1.165, 1.54) is 22.5 Å². The van der Waals surface area contributed by atoms with Gasteiger partial charge in [0, 0.05) is 0 Å². The summed E-state index contributed by atoms with van der Waals surface area (Å²) in [4.78, 5) is 8.61. The van der Waals surface area contributed by atoms with Crippen LogP contribution in [0.4, 0.5) is 0 Å². The molecule has 4 N–H and O–H groups in total. The molecule has 0 saturated heterocycles. The maximum absolute atomic E-state index is 8.04. The molecule has 0 spiro atoms. The lowest BCUT2D eigenvalue weighted by Gasteiger charge is -1.97. The summed E-state index contributed by atoms with van der Waals surface area (Å²) < 4.78 is 0. The maximum atomic E-state index is 8.04. The van der Waals surface area contributed by atoms with E-state index in [0.29, 0.717) is 17.2 Å². The first-order valence-corrected chi connectivity index (χ1v) is 7.49. The van der Waals surface area contributed by atoms with E-state index in [2.05, 4.69) is 29.9 Å². The first-order chi connectivity index (χ1) is 10.0. The number of rotatable bonds is 3. The molecule has 2 aromatic heterocycles. The van der Waals surface area contributed by atoms with Crippen LogP contribution in [0.3, 0.4) is 0 Å². The lowest BCUT2D eigenvalue weighted by molar-refractivity contribution is 1.24. The number of aryl methyl sites for hydroxylation is 2. The molecule has 0 radical (unpaired) electrons. The monoisotopic (exact) mass is 296 g/mol. The van der Waals surface area contributed by atoms with Crippen LogP contribution >= 0.6 is 11.3 Å². The van der Waals surface area contributed by atoms with Crippen LogP contribution in [0.1, 0.15) is 21.8 Å². The van der Waals surface area contributed by atoms with Gasteiger partial charge in [0.05, 0.1) is 27.3 Å². The van der Waals surface area contributed by atoms with Crippen molar-refractivity contribution in [3.8, 4) is 0 Å². The third-order valence-corrected chi connectivity index (χ3v) is 4.36. The van der Waals surface area contributed by atoms with Gasteiger partial charge in [0.15, 0.2) is 5.82 Å². The van der Waals surface area contributed by atoms with Crippen LogP contribution in [0.2, 0.25) is 0 Å². The third kappa shape index (κ3) is 2.60. The number of imidazole rings is 1. The van der Waals surface area contributed by atoms with Gasteiger partial charge in [0.2, 0.25) is 0 Å². The summed E-state index contributed by atoms with van der Waals surface area (Å²) in [5.41, 5.74) is 11.2. The first kappa shape index (κ1) is 13.6. The Morgan fingerprint density at radius 1 is 1.33 bits per heavy atom. The van der Waals surface area contributed by atoms with E-state index in [0.717, 1.165) is 15.9 Å². The lowest BCUT2D eigenvalue weighted by atomic mass is 10.1. The Morgan fingerprint density at radius 3 is 2.81 bits per heavy atom. The number of nitrogens with zero attached hydrogens (tertiary/aromatic N) is 1. The predicted octanol–water partition coefficient (Wildman–Crippen LogP) is 3.61. The van der Waals surface area contributed by atoms with Crippen molar-refractivity contribution < 1.29 is 0 Å². The summed E-state index contributed by atoms with van der Waals surface area (Å²) in [6, 6.07) is 7.94. The molecule has 3 rings (SSSR count). The van der Waals surface area contributed by atoms with Crippen molar-refractivity contribution in [1.82, 2.24) is 9.97 Å². The number of nitrogens with two attached hydrogens (primary N) is 1. The summed E-state index contributed by atoms with van der Waals surface area (Å²) in [5.74, 6) is 0.608. The summed E-state index contributed by atoms with van der Waals surface area (Å²) in [7, 11) is 0. The fourth-order valence-corrected chi connectivity index (χ4v) is 2.78. The Labute approximate surface area is 126 Å². The number of nitrogens with one attached hydrogen (secondary N) is 2. The Morgan fingerprint density at radius 2 is 2.10 bits per heavy atom. The minimum Gasteiger partial charge on any atom is -0.396 e. The van der Waals surface area contributed by atoms with Crippen molar-refractivity contribution in [2.45, 2.75) is 13.8 Å². The molecule has 0 aliphatic carbocycles. The van der Waals surface area contributed by atoms with Crippen LogP contribution in [0.25, 0.3) is 16.7 Å². The molecule has 3 aromatic rings. The SMILES string of the molecule is Cc1cc2nc(/C(N)=C/C(=N)c3cccs3)[nH]c2cc1C. The van der Waals surface area contributed by atoms with Crippen molar-refractivity contribution >= 4 is 33.8 Å². The number of hydrogen-bond donors (Lipinski definition) is 3. The predicted molar refractivity (Wildman–Crippen MR) is 88.9 cm³/mol. The summed E-state index contributed by atoms with van der Waals surface area (Å²) in [5, 5.41) is 9.99. The van der Waals surface area contributed by atoms with Crippen LogP contribution in [-0.4, -0.2) is 15.7 Å². The standard InChI is InChI=1S/C16H16N4S/c1-9-6-13-14(7-10(9)2)20-16(19-13)12(18)8-11(17)15-4-3-5-21-15/h3-8,17H,18H2,1-2H3,(H,19,20)/b12-8-,17-11?. The molecule has 0 amide bonds. The van der Waals surface area contributed by atoms with Gasteiger partial charge in [0.25, 0.3) is 0 Å². The number of allylic oxidation sites excluding steroid dienone is 1. The zero-order valence-electron chi connectivity index (χ0n) is 11.9. The molecule has 0 fully saturated rings. The average molecular weight is 296 g/mol. The normalized spacial score (nSPS) is 12.0. The van der Waals surface area contributed by atoms with Gasteiger partial charge in [-0.2, -0.15) is 0 Å². The Hall–Kier alpha value is -2.40. The van der Waals surface area contributed by atoms with Crippen molar-refractivity contribution in [2.24, 2.45) is 5.73 Å². The molecule has 1 aromatic carbocycles. The molecule has 4 nitrogen and oxygen atoms in total. The van der Waals surface area contributed by atoms with Gasteiger partial charge in [-0.25, -0.2) is 4.98 Å². The van der Waals surface area contributed by atoms with Crippen LogP contribution in [0.15, 0.2) is 35.7 Å². The van der Waals surface area contributed by atoms with Gasteiger partial charge in [-0.1, -0.05) is 6.07 Å². The zero-order chi connectivity index (χ0) is 15.0. The van der Waals surface area contributed by atoms with Crippen LogP contribution in [-0.2, 0) is 0 Å². The molecule has 106 valence electrons. The second kappa shape index (κ2) is 5.18. The van der Waals surface area contributed by atoms with Gasteiger partial charge in [-0.3, -0.25) is 5.41 Å². The van der Waals surface area contributed by atoms with Gasteiger partial charge in [-0.05, 0) is 54.6 Å². The quantitative estimate of drug-likeness (QED) is 0.646. The van der Waals surface area contributed by atoms with Gasteiger partial charge in [0.1, 0.15) is 0 Å². The summed E-state index contributed by atoms with van der Waals surface area (Å²) in [6.45, 7) is 4.13. The average Bonchev–Trinajstić information content (AvgIpc) is 3.08. The zero-order valence-corrected chi connectivity index (χ0v) is 12.7. The number of benzene rings is 1. The van der Waals surface area contributed by atoms with Crippen LogP contribution in [0.5, 0.6) is 0 Å². The molecular formula is C16H16N4S. The number of aromatic nitrogens is 2. The van der Waals surface area contributed by atoms with Gasteiger partial charge >= 0.3 is 0 Å². The molecule has 0 aliphatic rings. The second-order valence-corrected chi connectivity index (χ2v) is 5.98. The summed E-state index contributed by atoms with van der Waals surface area (Å²) >= 11 is 1.52. The Kier molecular flexibility index (Phi) is 3.35. The number of aromatic amines is 1. The van der Waals surface area contributed by atoms with E-state index < -0.39 is 0 Å². The maximum Gasteiger partial charge on any atom is 0.154 e. The fourth-order valence-electron chi connectivity index (χ4n) is 2.13. The molecule has 0 bridgehead atoms. The van der Waals surface area contributed by atoms with E-state index in [1.54, 1.807) is 6.08 Å². The fraction of sp³-hybridized carbons (Fsp3) is 0.125. The van der Waals surface area contributed by atoms with Crippen molar-refractivity contribution in [1.29, 1.82) is 5.41 Å². The van der Waals surface area contributed by atoms with Crippen molar-refractivity contribution in [3.63, 3.8) is 0 Å². The highest BCUT2D eigenvalue weighted by Crippen LogP contribution is 2.19. The van der Waals surface area contributed by atoms with E-state index in [4.69, 9.17) is 11.1 Å². The smallest absolute Gasteiger partial charge is 0.154 e. The van der Waals surface area contributed by atoms with E-state index in [-0.39, 0.29) is 0 Å². The van der Waals surface area contributed by atoms with Gasteiger partial charge < -0.3 is 10.7 Å². The molecule has 0 saturated carbocycles. The summed E-state index contributed by atoms with van der Waals surface area (Å²) in [6.07, 6.45) is 1.64. The molecule has 21 heavy (non-hydrogen) atoms. The highest BCUT2D eigenvalue weighted by atomic mass is 32.1. The van der Waals surface area contributed by atoms with Crippen molar-refractivity contribution in [3.05, 3.63) is 57.6 Å². The topological polar surface area (TPSA) is 78.5 Å². The molecule has 2 heterocycles. The van der Waals surface area contributed by atoms with Crippen molar-refractivity contribution in [2.75, 3.05) is 0 Å². The Bertz CT molecular complexity index is 802. The van der Waals surface area contributed by atoms with Gasteiger partial charge in [-0.15, -0.1) is 11.3 Å². The molecule has 5 heteroatoms. The van der Waals surface area contributed by atoms with Crippen LogP contribution < -0.4 is 5.73 Å².